The second-order valence-corrected chi connectivity index (χ2v) is 5.98. The van der Waals surface area contributed by atoms with Crippen molar-refractivity contribution < 1.29 is 14.3 Å². The Morgan fingerprint density at radius 2 is 1.95 bits per heavy atom. The topological polar surface area (TPSA) is 50.8 Å². The maximum Gasteiger partial charge on any atom is 0.317 e. The number of hydrogen-bond acceptors (Lipinski definition) is 3. The number of nitrogens with zero attached hydrogens (tertiary/aromatic N) is 1. The van der Waals surface area contributed by atoms with Gasteiger partial charge in [0.1, 0.15) is 0 Å². The Bertz CT molecular complexity index is 502. The number of aryl methyl sites for hydroxylation is 3. The molecule has 0 bridgehead atoms. The van der Waals surface area contributed by atoms with Crippen LogP contribution in [0.3, 0.4) is 0 Å². The molecule has 2 amide bonds. The number of likely N-dealkylation sites (N-methyl/N-ethyl adjacent to an activating group) is 1. The van der Waals surface area contributed by atoms with Crippen molar-refractivity contribution in [2.45, 2.75) is 33.4 Å². The SMILES string of the molecule is Cc1cc(C)c(CNC(=O)N(C)C[C@@H]2COCCO2)c(C)c1. The van der Waals surface area contributed by atoms with E-state index in [4.69, 9.17) is 9.47 Å². The quantitative estimate of drug-likeness (QED) is 0.927. The van der Waals surface area contributed by atoms with Crippen LogP contribution in [0.5, 0.6) is 0 Å². The van der Waals surface area contributed by atoms with Gasteiger partial charge in [-0.3, -0.25) is 0 Å². The normalized spacial score (nSPS) is 18.1. The van der Waals surface area contributed by atoms with E-state index in [2.05, 4.69) is 38.2 Å². The van der Waals surface area contributed by atoms with Gasteiger partial charge in [0.2, 0.25) is 0 Å². The molecule has 122 valence electrons. The van der Waals surface area contributed by atoms with Crippen LogP contribution in [0, 0.1) is 20.8 Å². The highest BCUT2D eigenvalue weighted by Gasteiger charge is 2.19. The molecule has 1 aliphatic rings. The van der Waals surface area contributed by atoms with Crippen LogP contribution in [0.1, 0.15) is 22.3 Å². The van der Waals surface area contributed by atoms with Crippen molar-refractivity contribution in [1.82, 2.24) is 10.2 Å². The number of benzene rings is 1. The second kappa shape index (κ2) is 7.61. The van der Waals surface area contributed by atoms with Crippen molar-refractivity contribution in [2.24, 2.45) is 0 Å². The summed E-state index contributed by atoms with van der Waals surface area (Å²) in [7, 11) is 1.78. The first-order valence-corrected chi connectivity index (χ1v) is 7.72. The van der Waals surface area contributed by atoms with E-state index >= 15 is 0 Å². The standard InChI is InChI=1S/C17H26N2O3/c1-12-7-13(2)16(14(3)8-12)9-18-17(20)19(4)10-15-11-21-5-6-22-15/h7-8,15H,5-6,9-11H2,1-4H3,(H,18,20)/t15-/m1/s1. The Morgan fingerprint density at radius 3 is 2.55 bits per heavy atom. The summed E-state index contributed by atoms with van der Waals surface area (Å²) in [5.41, 5.74) is 4.86. The van der Waals surface area contributed by atoms with Crippen LogP contribution in [0.15, 0.2) is 12.1 Å². The molecule has 22 heavy (non-hydrogen) atoms. The molecule has 1 atom stereocenters. The van der Waals surface area contributed by atoms with Crippen LogP contribution < -0.4 is 5.32 Å². The average Bonchev–Trinajstić information content (AvgIpc) is 2.46. The van der Waals surface area contributed by atoms with Gasteiger partial charge >= 0.3 is 6.03 Å². The van der Waals surface area contributed by atoms with Crippen molar-refractivity contribution in [3.63, 3.8) is 0 Å². The highest BCUT2D eigenvalue weighted by molar-refractivity contribution is 5.74. The smallest absolute Gasteiger partial charge is 0.317 e. The molecular weight excluding hydrogens is 280 g/mol. The molecule has 1 heterocycles. The number of urea groups is 1. The minimum Gasteiger partial charge on any atom is -0.376 e. The van der Waals surface area contributed by atoms with E-state index in [0.717, 1.165) is 0 Å². The van der Waals surface area contributed by atoms with Crippen LogP contribution in [-0.2, 0) is 16.0 Å². The number of carbonyl (C=O) groups excluding carboxylic acids is 1. The lowest BCUT2D eigenvalue weighted by Crippen LogP contribution is -2.44. The lowest BCUT2D eigenvalue weighted by molar-refractivity contribution is -0.0928. The third-order valence-electron chi connectivity index (χ3n) is 3.97. The molecule has 1 aliphatic heterocycles. The van der Waals surface area contributed by atoms with Gasteiger partial charge in [-0.1, -0.05) is 17.7 Å². The molecule has 1 fully saturated rings. The van der Waals surface area contributed by atoms with Crippen LogP contribution >= 0.6 is 0 Å². The molecule has 5 nitrogen and oxygen atoms in total. The minimum absolute atomic E-state index is 0.0349. The highest BCUT2D eigenvalue weighted by atomic mass is 16.6. The van der Waals surface area contributed by atoms with Crippen LogP contribution in [0.2, 0.25) is 0 Å². The Balaban J connectivity index is 1.86. The summed E-state index contributed by atoms with van der Waals surface area (Å²) in [5, 5.41) is 2.98. The van der Waals surface area contributed by atoms with Gasteiger partial charge in [0.05, 0.1) is 32.5 Å². The third-order valence-corrected chi connectivity index (χ3v) is 3.97. The summed E-state index contributed by atoms with van der Waals surface area (Å²) in [6.45, 7) is 9.12. The first-order valence-electron chi connectivity index (χ1n) is 7.72. The molecule has 0 aliphatic carbocycles. The fourth-order valence-corrected chi connectivity index (χ4v) is 2.82. The van der Waals surface area contributed by atoms with Crippen molar-refractivity contribution in [3.05, 3.63) is 34.4 Å². The molecule has 1 aromatic carbocycles. The van der Waals surface area contributed by atoms with Crippen molar-refractivity contribution in [3.8, 4) is 0 Å². The van der Waals surface area contributed by atoms with Crippen LogP contribution in [0.25, 0.3) is 0 Å². The van der Waals surface area contributed by atoms with Gasteiger partial charge in [-0.25, -0.2) is 4.79 Å². The molecule has 1 saturated heterocycles. The third kappa shape index (κ3) is 4.45. The van der Waals surface area contributed by atoms with Gasteiger partial charge in [-0.05, 0) is 37.5 Å². The maximum atomic E-state index is 12.2. The van der Waals surface area contributed by atoms with E-state index < -0.39 is 0 Å². The molecule has 0 unspecified atom stereocenters. The monoisotopic (exact) mass is 306 g/mol. The Morgan fingerprint density at radius 1 is 1.27 bits per heavy atom. The molecule has 0 spiro atoms. The predicted octanol–water partition coefficient (Wildman–Crippen LogP) is 2.17. The molecule has 0 radical (unpaired) electrons. The molecule has 1 N–H and O–H groups in total. The molecule has 0 aromatic heterocycles. The summed E-state index contributed by atoms with van der Waals surface area (Å²) in [6.07, 6.45) is -0.0349. The van der Waals surface area contributed by atoms with Gasteiger partial charge in [0.15, 0.2) is 0 Å². The summed E-state index contributed by atoms with van der Waals surface area (Å²) in [6, 6.07) is 4.20. The number of rotatable bonds is 4. The fraction of sp³-hybridized carbons (Fsp3) is 0.588. The molecule has 0 saturated carbocycles. The fourth-order valence-electron chi connectivity index (χ4n) is 2.82. The lowest BCUT2D eigenvalue weighted by Gasteiger charge is -2.27. The number of carbonyl (C=O) groups is 1. The number of hydrogen-bond donors (Lipinski definition) is 1. The second-order valence-electron chi connectivity index (χ2n) is 5.98. The van der Waals surface area contributed by atoms with Gasteiger partial charge < -0.3 is 19.7 Å². The zero-order chi connectivity index (χ0) is 16.1. The summed E-state index contributed by atoms with van der Waals surface area (Å²) in [5.74, 6) is 0. The first kappa shape index (κ1) is 16.8. The zero-order valence-corrected chi connectivity index (χ0v) is 13.9. The van der Waals surface area contributed by atoms with Gasteiger partial charge in [-0.15, -0.1) is 0 Å². The van der Waals surface area contributed by atoms with Gasteiger partial charge in [0.25, 0.3) is 0 Å². The number of ether oxygens (including phenoxy) is 2. The average molecular weight is 306 g/mol. The van der Waals surface area contributed by atoms with Crippen molar-refractivity contribution in [1.29, 1.82) is 0 Å². The van der Waals surface area contributed by atoms with Gasteiger partial charge in [-0.2, -0.15) is 0 Å². The maximum absolute atomic E-state index is 12.2. The summed E-state index contributed by atoms with van der Waals surface area (Å²) in [4.78, 5) is 13.8. The highest BCUT2D eigenvalue weighted by Crippen LogP contribution is 2.16. The van der Waals surface area contributed by atoms with E-state index in [1.54, 1.807) is 11.9 Å². The van der Waals surface area contributed by atoms with E-state index in [1.807, 2.05) is 0 Å². The minimum atomic E-state index is -0.0893. The molecule has 2 rings (SSSR count). The van der Waals surface area contributed by atoms with E-state index in [1.165, 1.54) is 22.3 Å². The number of nitrogens with one attached hydrogen (secondary N) is 1. The summed E-state index contributed by atoms with van der Waals surface area (Å²) < 4.78 is 10.9. The van der Waals surface area contributed by atoms with E-state index in [0.29, 0.717) is 32.9 Å². The molecular formula is C17H26N2O3. The molecule has 5 heteroatoms. The Kier molecular flexibility index (Phi) is 5.80. The lowest BCUT2D eigenvalue weighted by atomic mass is 10.00. The first-order chi connectivity index (χ1) is 10.5. The largest absolute Gasteiger partial charge is 0.376 e. The van der Waals surface area contributed by atoms with E-state index in [9.17, 15) is 4.79 Å². The van der Waals surface area contributed by atoms with Crippen molar-refractivity contribution >= 4 is 6.03 Å². The van der Waals surface area contributed by atoms with E-state index in [-0.39, 0.29) is 12.1 Å². The van der Waals surface area contributed by atoms with Crippen LogP contribution in [0.4, 0.5) is 4.79 Å². The summed E-state index contributed by atoms with van der Waals surface area (Å²) >= 11 is 0. The van der Waals surface area contributed by atoms with Crippen LogP contribution in [-0.4, -0.2) is 50.4 Å². The predicted molar refractivity (Wildman–Crippen MR) is 86.1 cm³/mol. The number of amides is 2. The Hall–Kier alpha value is -1.59. The van der Waals surface area contributed by atoms with Crippen molar-refractivity contribution in [2.75, 3.05) is 33.4 Å². The zero-order valence-electron chi connectivity index (χ0n) is 13.9. The molecule has 1 aromatic rings. The van der Waals surface area contributed by atoms with Gasteiger partial charge in [0, 0.05) is 13.6 Å². The Labute approximate surface area is 132 Å².